The molecule has 2 aromatic rings. The number of rotatable bonds is 6. The molecule has 0 radical (unpaired) electrons. The van der Waals surface area contributed by atoms with Crippen LogP contribution >= 0.6 is 11.6 Å². The summed E-state index contributed by atoms with van der Waals surface area (Å²) in [6.07, 6.45) is 1.53. The SMILES string of the molecule is CC(=O)NC[C@@]1(O)CC2CC[C@@H](C1)[C@H]2S(=O)(=O)c1cc(C(=O)Nc2cc(F)c(F)c(F)c2)ccc1Cl. The normalized spacial score (nSPS) is 25.4. The molecule has 2 aliphatic carbocycles. The zero-order valence-electron chi connectivity index (χ0n) is 19.2. The Labute approximate surface area is 210 Å². The highest BCUT2D eigenvalue weighted by Crippen LogP contribution is 2.51. The fraction of sp³-hybridized carbons (Fsp3) is 0.417. The molecule has 0 aliphatic heterocycles. The average molecular weight is 545 g/mol. The van der Waals surface area contributed by atoms with E-state index in [1.54, 1.807) is 0 Å². The molecule has 12 heteroatoms. The molecule has 0 heterocycles. The number of fused-ring (bicyclic) bond motifs is 2. The van der Waals surface area contributed by atoms with Crippen LogP contribution < -0.4 is 10.6 Å². The Morgan fingerprint density at radius 1 is 1.08 bits per heavy atom. The van der Waals surface area contributed by atoms with E-state index in [0.717, 1.165) is 6.07 Å². The minimum absolute atomic E-state index is 0.0308. The maximum absolute atomic E-state index is 13.7. The van der Waals surface area contributed by atoms with Crippen molar-refractivity contribution in [3.63, 3.8) is 0 Å². The van der Waals surface area contributed by atoms with Crippen molar-refractivity contribution < 1.29 is 36.3 Å². The van der Waals surface area contributed by atoms with Crippen LogP contribution in [0.3, 0.4) is 0 Å². The van der Waals surface area contributed by atoms with E-state index < -0.39 is 44.0 Å². The summed E-state index contributed by atoms with van der Waals surface area (Å²) in [4.78, 5) is 23.7. The molecule has 0 aromatic heterocycles. The third kappa shape index (κ3) is 5.09. The number of aliphatic hydroxyl groups is 1. The van der Waals surface area contributed by atoms with Gasteiger partial charge in [-0.15, -0.1) is 0 Å². The summed E-state index contributed by atoms with van der Waals surface area (Å²) in [6.45, 7) is 1.37. The van der Waals surface area contributed by atoms with E-state index in [2.05, 4.69) is 10.6 Å². The zero-order valence-corrected chi connectivity index (χ0v) is 20.7. The van der Waals surface area contributed by atoms with E-state index in [9.17, 15) is 36.3 Å². The third-order valence-electron chi connectivity index (χ3n) is 6.89. The molecule has 4 rings (SSSR count). The van der Waals surface area contributed by atoms with Crippen LogP contribution in [-0.2, 0) is 14.6 Å². The summed E-state index contributed by atoms with van der Waals surface area (Å²) in [7, 11) is -4.04. The first-order valence-electron chi connectivity index (χ1n) is 11.3. The van der Waals surface area contributed by atoms with Gasteiger partial charge in [-0.2, -0.15) is 0 Å². The van der Waals surface area contributed by atoms with Crippen molar-refractivity contribution in [3.05, 3.63) is 58.4 Å². The number of benzene rings is 2. The predicted octanol–water partition coefficient (Wildman–Crippen LogP) is 3.84. The Morgan fingerprint density at radius 3 is 2.22 bits per heavy atom. The molecular formula is C24H24ClF3N2O5S. The minimum atomic E-state index is -4.04. The van der Waals surface area contributed by atoms with E-state index in [-0.39, 0.29) is 58.3 Å². The maximum Gasteiger partial charge on any atom is 0.255 e. The van der Waals surface area contributed by atoms with Gasteiger partial charge in [0.25, 0.3) is 5.91 Å². The molecule has 194 valence electrons. The highest BCUT2D eigenvalue weighted by Gasteiger charge is 2.54. The molecular weight excluding hydrogens is 521 g/mol. The zero-order chi connectivity index (χ0) is 26.4. The molecule has 3 N–H and O–H groups in total. The average Bonchev–Trinajstić information content (AvgIpc) is 3.09. The molecule has 2 aliphatic rings. The molecule has 0 spiro atoms. The van der Waals surface area contributed by atoms with Gasteiger partial charge in [0.1, 0.15) is 0 Å². The number of carbonyl (C=O) groups is 2. The van der Waals surface area contributed by atoms with Gasteiger partial charge >= 0.3 is 0 Å². The van der Waals surface area contributed by atoms with E-state index >= 15 is 0 Å². The van der Waals surface area contributed by atoms with E-state index in [0.29, 0.717) is 25.0 Å². The van der Waals surface area contributed by atoms with Crippen LogP contribution in [0.4, 0.5) is 18.9 Å². The highest BCUT2D eigenvalue weighted by atomic mass is 35.5. The van der Waals surface area contributed by atoms with Crippen LogP contribution in [0.25, 0.3) is 0 Å². The topological polar surface area (TPSA) is 113 Å². The lowest BCUT2D eigenvalue weighted by atomic mass is 9.77. The Kier molecular flexibility index (Phi) is 7.11. The van der Waals surface area contributed by atoms with Crippen molar-refractivity contribution in [1.82, 2.24) is 5.32 Å². The summed E-state index contributed by atoms with van der Waals surface area (Å²) in [5, 5.41) is 14.9. The Balaban J connectivity index is 1.59. The number of amides is 2. The molecule has 7 nitrogen and oxygen atoms in total. The molecule has 2 fully saturated rings. The van der Waals surface area contributed by atoms with Gasteiger partial charge in [0.05, 0.1) is 20.8 Å². The smallest absolute Gasteiger partial charge is 0.255 e. The highest BCUT2D eigenvalue weighted by molar-refractivity contribution is 7.92. The first kappa shape index (κ1) is 26.4. The second-order valence-electron chi connectivity index (χ2n) is 9.50. The van der Waals surface area contributed by atoms with Crippen LogP contribution in [0.1, 0.15) is 43.0 Å². The van der Waals surface area contributed by atoms with Gasteiger partial charge in [-0.3, -0.25) is 9.59 Å². The number of hydrogen-bond donors (Lipinski definition) is 3. The summed E-state index contributed by atoms with van der Waals surface area (Å²) in [6, 6.07) is 4.81. The van der Waals surface area contributed by atoms with Gasteiger partial charge in [0.2, 0.25) is 5.91 Å². The Bertz CT molecular complexity index is 1300. The monoisotopic (exact) mass is 544 g/mol. The Hall–Kier alpha value is -2.63. The number of anilines is 1. The van der Waals surface area contributed by atoms with Crippen molar-refractivity contribution in [2.75, 3.05) is 11.9 Å². The molecule has 4 atom stereocenters. The third-order valence-corrected chi connectivity index (χ3v) is 9.77. The van der Waals surface area contributed by atoms with Crippen LogP contribution in [-0.4, -0.2) is 42.7 Å². The molecule has 36 heavy (non-hydrogen) atoms. The fourth-order valence-electron chi connectivity index (χ4n) is 5.42. The first-order valence-corrected chi connectivity index (χ1v) is 13.2. The minimum Gasteiger partial charge on any atom is -0.388 e. The van der Waals surface area contributed by atoms with Crippen molar-refractivity contribution in [2.24, 2.45) is 11.8 Å². The second kappa shape index (κ2) is 9.68. The number of halogens is 4. The molecule has 2 bridgehead atoms. The quantitative estimate of drug-likeness (QED) is 0.478. The van der Waals surface area contributed by atoms with Gasteiger partial charge in [-0.05, 0) is 55.7 Å². The standard InChI is InChI=1S/C24H24ClF3N2O5S/c1-12(31)29-11-24(33)9-14-2-3-15(10-24)22(14)36(34,35)20-6-13(4-5-17(20)25)23(32)30-16-7-18(26)21(28)19(27)8-16/h4-8,14-15,22,33H,2-3,9-11H2,1H3,(H,29,31)(H,30,32)/t14-,15?,22+,24-/m0/s1. The fourth-order valence-corrected chi connectivity index (χ4v) is 8.26. The van der Waals surface area contributed by atoms with Gasteiger partial charge in [0, 0.05) is 36.9 Å². The first-order chi connectivity index (χ1) is 16.8. The number of carbonyl (C=O) groups excluding carboxylic acids is 2. The number of sulfone groups is 1. The summed E-state index contributed by atoms with van der Waals surface area (Å²) >= 11 is 6.23. The van der Waals surface area contributed by atoms with Crippen LogP contribution in [0.5, 0.6) is 0 Å². The van der Waals surface area contributed by atoms with E-state index in [4.69, 9.17) is 11.6 Å². The Morgan fingerprint density at radius 2 is 1.67 bits per heavy atom. The van der Waals surface area contributed by atoms with Crippen molar-refractivity contribution >= 4 is 38.9 Å². The van der Waals surface area contributed by atoms with Crippen LogP contribution in [0, 0.1) is 29.3 Å². The molecule has 2 saturated carbocycles. The van der Waals surface area contributed by atoms with Gasteiger partial charge in [0.15, 0.2) is 27.3 Å². The molecule has 0 saturated heterocycles. The van der Waals surface area contributed by atoms with Crippen LogP contribution in [0.2, 0.25) is 5.02 Å². The van der Waals surface area contributed by atoms with Gasteiger partial charge < -0.3 is 15.7 Å². The van der Waals surface area contributed by atoms with Crippen molar-refractivity contribution in [3.8, 4) is 0 Å². The summed E-state index contributed by atoms with van der Waals surface area (Å²) < 4.78 is 67.6. The summed E-state index contributed by atoms with van der Waals surface area (Å²) in [5.74, 6) is -6.56. The number of nitrogens with one attached hydrogen (secondary N) is 2. The molecule has 2 amide bonds. The number of hydrogen-bond acceptors (Lipinski definition) is 5. The second-order valence-corrected chi connectivity index (χ2v) is 12.0. The molecule has 2 aromatic carbocycles. The summed E-state index contributed by atoms with van der Waals surface area (Å²) in [5.41, 5.74) is -1.69. The van der Waals surface area contributed by atoms with Crippen LogP contribution in [0.15, 0.2) is 35.2 Å². The lowest BCUT2D eigenvalue weighted by Gasteiger charge is -2.41. The van der Waals surface area contributed by atoms with E-state index in [1.807, 2.05) is 0 Å². The predicted molar refractivity (Wildman–Crippen MR) is 126 cm³/mol. The van der Waals surface area contributed by atoms with E-state index in [1.165, 1.54) is 19.1 Å². The van der Waals surface area contributed by atoms with Crippen molar-refractivity contribution in [2.45, 2.75) is 48.4 Å². The maximum atomic E-state index is 13.7. The van der Waals surface area contributed by atoms with Gasteiger partial charge in [-0.25, -0.2) is 21.6 Å². The lowest BCUT2D eigenvalue weighted by Crippen LogP contribution is -2.51. The van der Waals surface area contributed by atoms with Gasteiger partial charge in [-0.1, -0.05) is 11.6 Å². The van der Waals surface area contributed by atoms with Crippen molar-refractivity contribution in [1.29, 1.82) is 0 Å². The molecule has 1 unspecified atom stereocenters. The lowest BCUT2D eigenvalue weighted by molar-refractivity contribution is -0.121. The largest absolute Gasteiger partial charge is 0.388 e.